The quantitative estimate of drug-likeness (QED) is 0.156. The molecular formula is C30H21ClN4O3S. The third-order valence-corrected chi connectivity index (χ3v) is 8.32. The highest BCUT2D eigenvalue weighted by atomic mass is 35.5. The molecule has 2 amide bonds. The zero-order valence-corrected chi connectivity index (χ0v) is 22.1. The first-order valence-electron chi connectivity index (χ1n) is 12.5. The number of hydrogen-bond acceptors (Lipinski definition) is 6. The number of rotatable bonds is 6. The first-order valence-corrected chi connectivity index (χ1v) is 13.7. The average molecular weight is 553 g/mol. The molecule has 0 aliphatic carbocycles. The van der Waals surface area contributed by atoms with Crippen molar-refractivity contribution in [2.75, 3.05) is 11.9 Å². The maximum atomic E-state index is 13.1. The summed E-state index contributed by atoms with van der Waals surface area (Å²) in [5, 5.41) is 18.2. The Morgan fingerprint density at radius 2 is 1.79 bits per heavy atom. The van der Waals surface area contributed by atoms with Gasteiger partial charge in [-0.15, -0.1) is 11.3 Å². The van der Waals surface area contributed by atoms with Gasteiger partial charge in [-0.25, -0.2) is 4.98 Å². The highest BCUT2D eigenvalue weighted by Gasteiger charge is 2.35. The Balaban J connectivity index is 1.34. The number of nitrogens with zero attached hydrogens (tertiary/aromatic N) is 2. The number of aromatic hydroxyl groups is 1. The van der Waals surface area contributed by atoms with Crippen LogP contribution < -0.4 is 10.6 Å². The molecule has 7 rings (SSSR count). The third kappa shape index (κ3) is 3.83. The van der Waals surface area contributed by atoms with Crippen LogP contribution in [-0.2, 0) is 6.54 Å². The number of halogens is 1. The van der Waals surface area contributed by atoms with Crippen molar-refractivity contribution in [2.45, 2.75) is 13.0 Å². The fourth-order valence-electron chi connectivity index (χ4n) is 5.50. The molecule has 3 N–H and O–H groups in total. The van der Waals surface area contributed by atoms with Gasteiger partial charge < -0.3 is 15.0 Å². The maximum Gasteiger partial charge on any atom is 0.259 e. The van der Waals surface area contributed by atoms with Crippen molar-refractivity contribution in [1.29, 1.82) is 0 Å². The average Bonchev–Trinajstić information content (AvgIpc) is 3.60. The molecule has 0 saturated carbocycles. The van der Waals surface area contributed by atoms with E-state index in [1.807, 2.05) is 48.0 Å². The number of aryl methyl sites for hydroxylation is 1. The summed E-state index contributed by atoms with van der Waals surface area (Å²) in [6.45, 7) is 1.38. The van der Waals surface area contributed by atoms with E-state index >= 15 is 0 Å². The second-order valence-electron chi connectivity index (χ2n) is 9.50. The van der Waals surface area contributed by atoms with Gasteiger partial charge in [0.1, 0.15) is 5.75 Å². The molecule has 0 unspecified atom stereocenters. The summed E-state index contributed by atoms with van der Waals surface area (Å²) in [6.07, 6.45) is 0.796. The highest BCUT2D eigenvalue weighted by Crippen LogP contribution is 2.42. The van der Waals surface area contributed by atoms with Gasteiger partial charge in [0.25, 0.3) is 11.8 Å². The lowest BCUT2D eigenvalue weighted by Crippen LogP contribution is -2.20. The van der Waals surface area contributed by atoms with Crippen LogP contribution in [0.4, 0.5) is 5.69 Å². The lowest BCUT2D eigenvalue weighted by molar-refractivity contribution is 0.0880. The zero-order chi connectivity index (χ0) is 26.7. The molecule has 0 fully saturated rings. The molecule has 3 heterocycles. The van der Waals surface area contributed by atoms with Crippen LogP contribution in [0.25, 0.3) is 43.1 Å². The fraction of sp³-hybridized carbons (Fsp3) is 0.100. The standard InChI is InChI=1S/C30H21ClN4O3S/c31-21-5-2-1-4-18(21)19-14-24-26(28-27(19)29(37)34-30(28)38)20-13-17(36)7-9-23(20)35(24)11-3-10-32-16-6-8-22-25(12-16)39-15-33-22/h1-2,4-9,12-15,32,36H,3,10-11H2,(H,34,37,38). The monoisotopic (exact) mass is 552 g/mol. The van der Waals surface area contributed by atoms with Gasteiger partial charge in [0, 0.05) is 45.7 Å². The number of thiazole rings is 1. The summed E-state index contributed by atoms with van der Waals surface area (Å²) in [7, 11) is 0. The predicted octanol–water partition coefficient (Wildman–Crippen LogP) is 6.82. The van der Waals surface area contributed by atoms with Crippen molar-refractivity contribution in [3.8, 4) is 16.9 Å². The Bertz CT molecular complexity index is 1980. The van der Waals surface area contributed by atoms with Crippen molar-refractivity contribution < 1.29 is 14.7 Å². The molecule has 0 radical (unpaired) electrons. The molecule has 1 aliphatic rings. The van der Waals surface area contributed by atoms with Crippen LogP contribution in [-0.4, -0.2) is 33.0 Å². The minimum Gasteiger partial charge on any atom is -0.508 e. The lowest BCUT2D eigenvalue weighted by Gasteiger charge is -2.13. The Labute approximate surface area is 231 Å². The SMILES string of the molecule is O=C1NC(=O)c2c1c(-c1ccccc1Cl)cc1c2c2cc(O)ccc2n1CCCNc1ccc2ncsc2c1. The van der Waals surface area contributed by atoms with Crippen molar-refractivity contribution in [1.82, 2.24) is 14.9 Å². The summed E-state index contributed by atoms with van der Waals surface area (Å²) in [5.41, 5.74) is 7.46. The van der Waals surface area contributed by atoms with E-state index in [-0.39, 0.29) is 5.75 Å². The molecule has 1 aliphatic heterocycles. The number of phenols is 1. The van der Waals surface area contributed by atoms with Crippen molar-refractivity contribution in [2.24, 2.45) is 0 Å². The lowest BCUT2D eigenvalue weighted by atomic mass is 9.93. The Hall–Kier alpha value is -4.40. The number of phenolic OH excluding ortho intramolecular Hbond substituents is 1. The topological polar surface area (TPSA) is 96.3 Å². The molecule has 7 nitrogen and oxygen atoms in total. The maximum absolute atomic E-state index is 13.1. The Kier molecular flexibility index (Phi) is 5.54. The van der Waals surface area contributed by atoms with Crippen LogP contribution >= 0.6 is 22.9 Å². The first-order chi connectivity index (χ1) is 19.0. The van der Waals surface area contributed by atoms with Gasteiger partial charge in [0.2, 0.25) is 0 Å². The molecule has 192 valence electrons. The van der Waals surface area contributed by atoms with E-state index in [1.165, 1.54) is 0 Å². The second-order valence-corrected chi connectivity index (χ2v) is 10.8. The van der Waals surface area contributed by atoms with E-state index < -0.39 is 11.8 Å². The highest BCUT2D eigenvalue weighted by molar-refractivity contribution is 7.16. The number of nitrogens with one attached hydrogen (secondary N) is 2. The van der Waals surface area contributed by atoms with Gasteiger partial charge in [-0.3, -0.25) is 14.9 Å². The van der Waals surface area contributed by atoms with Crippen LogP contribution in [0.3, 0.4) is 0 Å². The zero-order valence-electron chi connectivity index (χ0n) is 20.5. The smallest absolute Gasteiger partial charge is 0.259 e. The van der Waals surface area contributed by atoms with E-state index in [0.717, 1.165) is 45.3 Å². The number of aromatic nitrogens is 2. The fourth-order valence-corrected chi connectivity index (χ4v) is 6.46. The Morgan fingerprint density at radius 3 is 2.67 bits per heavy atom. The molecule has 2 aromatic heterocycles. The molecule has 39 heavy (non-hydrogen) atoms. The van der Waals surface area contributed by atoms with Crippen LogP contribution in [0.2, 0.25) is 5.02 Å². The molecule has 6 aromatic rings. The van der Waals surface area contributed by atoms with Gasteiger partial charge in [-0.05, 0) is 60.5 Å². The first kappa shape index (κ1) is 23.7. The summed E-state index contributed by atoms with van der Waals surface area (Å²) >= 11 is 8.17. The predicted molar refractivity (Wildman–Crippen MR) is 156 cm³/mol. The normalized spacial score (nSPS) is 12.9. The number of imide groups is 1. The van der Waals surface area contributed by atoms with E-state index in [9.17, 15) is 14.7 Å². The van der Waals surface area contributed by atoms with Crippen molar-refractivity contribution in [3.63, 3.8) is 0 Å². The van der Waals surface area contributed by atoms with Crippen LogP contribution in [0.5, 0.6) is 5.75 Å². The minimum atomic E-state index is -0.449. The van der Waals surface area contributed by atoms with Crippen molar-refractivity contribution >= 4 is 72.5 Å². The molecule has 0 saturated heterocycles. The number of amides is 2. The number of hydrogen-bond donors (Lipinski definition) is 3. The number of benzene rings is 4. The summed E-state index contributed by atoms with van der Waals surface area (Å²) in [5.74, 6) is -0.804. The number of fused-ring (bicyclic) bond motifs is 6. The van der Waals surface area contributed by atoms with Gasteiger partial charge in [0.05, 0.1) is 32.4 Å². The summed E-state index contributed by atoms with van der Waals surface area (Å²) in [6, 6.07) is 20.5. The molecule has 4 aromatic carbocycles. The van der Waals surface area contributed by atoms with Gasteiger partial charge >= 0.3 is 0 Å². The molecule has 9 heteroatoms. The number of carbonyl (C=O) groups is 2. The van der Waals surface area contributed by atoms with E-state index in [2.05, 4.69) is 26.3 Å². The summed E-state index contributed by atoms with van der Waals surface area (Å²) < 4.78 is 3.28. The van der Waals surface area contributed by atoms with Gasteiger partial charge in [-0.1, -0.05) is 29.8 Å². The van der Waals surface area contributed by atoms with Gasteiger partial charge in [0.15, 0.2) is 0 Å². The summed E-state index contributed by atoms with van der Waals surface area (Å²) in [4.78, 5) is 30.5. The van der Waals surface area contributed by atoms with Crippen LogP contribution in [0, 0.1) is 0 Å². The molecule has 0 spiro atoms. The van der Waals surface area contributed by atoms with Crippen molar-refractivity contribution in [3.05, 3.63) is 88.4 Å². The molecule has 0 atom stereocenters. The van der Waals surface area contributed by atoms with E-state index in [1.54, 1.807) is 29.5 Å². The number of anilines is 1. The molecular weight excluding hydrogens is 532 g/mol. The van der Waals surface area contributed by atoms with Crippen LogP contribution in [0.1, 0.15) is 27.1 Å². The van der Waals surface area contributed by atoms with Gasteiger partial charge in [-0.2, -0.15) is 0 Å². The second kappa shape index (κ2) is 9.11. The van der Waals surface area contributed by atoms with E-state index in [0.29, 0.717) is 39.2 Å². The minimum absolute atomic E-state index is 0.0929. The number of carbonyl (C=O) groups excluding carboxylic acids is 2. The van der Waals surface area contributed by atoms with Crippen LogP contribution in [0.15, 0.2) is 72.2 Å². The Morgan fingerprint density at radius 1 is 0.949 bits per heavy atom. The molecule has 0 bridgehead atoms. The largest absolute Gasteiger partial charge is 0.508 e. The third-order valence-electron chi connectivity index (χ3n) is 7.20. The van der Waals surface area contributed by atoms with E-state index in [4.69, 9.17) is 11.6 Å².